The number of quaternary nitrogens is 1. The van der Waals surface area contributed by atoms with Gasteiger partial charge < -0.3 is 16.1 Å². The third kappa shape index (κ3) is 5.61. The van der Waals surface area contributed by atoms with Crippen molar-refractivity contribution in [3.8, 4) is 16.9 Å². The van der Waals surface area contributed by atoms with Crippen LogP contribution in [0.25, 0.3) is 11.1 Å². The van der Waals surface area contributed by atoms with Crippen LogP contribution >= 0.6 is 0 Å². The van der Waals surface area contributed by atoms with Crippen molar-refractivity contribution in [2.45, 2.75) is 6.92 Å². The molecule has 0 spiro atoms. The van der Waals surface area contributed by atoms with Gasteiger partial charge in [0, 0.05) is 42.7 Å². The molecule has 0 atom stereocenters. The van der Waals surface area contributed by atoms with Gasteiger partial charge in [-0.2, -0.15) is 5.48 Å². The minimum absolute atomic E-state index is 0. The van der Waals surface area contributed by atoms with Crippen LogP contribution in [0.3, 0.4) is 0 Å². The molecule has 9 heteroatoms. The first-order valence-electron chi connectivity index (χ1n) is 5.88. The summed E-state index contributed by atoms with van der Waals surface area (Å²) in [5.41, 5.74) is 2.22. The number of hydrogen-bond acceptors (Lipinski definition) is 5. The van der Waals surface area contributed by atoms with E-state index < -0.39 is 29.1 Å². The van der Waals surface area contributed by atoms with Gasteiger partial charge in [0.2, 0.25) is 0 Å². The van der Waals surface area contributed by atoms with Gasteiger partial charge in [0.1, 0.15) is 11.5 Å². The minimum Gasteiger partial charge on any atom is -0.871 e. The molecule has 0 fully saturated rings. The topological polar surface area (TPSA) is 128 Å². The molecule has 1 aromatic carbocycles. The number of nitrogens with one attached hydrogen (secondary N) is 1. The molecule has 0 bridgehead atoms. The average molecular weight is 330 g/mol. The van der Waals surface area contributed by atoms with Crippen LogP contribution in [0, 0.1) is 5.82 Å². The van der Waals surface area contributed by atoms with Gasteiger partial charge in [-0.1, -0.05) is 23.9 Å². The first kappa shape index (κ1) is 21.0. The van der Waals surface area contributed by atoms with E-state index in [-0.39, 0.29) is 35.7 Å². The van der Waals surface area contributed by atoms with Crippen LogP contribution in [-0.4, -0.2) is 46.4 Å². The Hall–Kier alpha value is -2.00. The minimum atomic E-state index is -0.930. The standard InChI is InChI=1S/C14H11FN2O4.H3N.Na/c1-8(18)21-17-14(20)13-12(19)6-10(7-16-13)9-3-2-4-11(15)5-9;;/h2-7,19H,1H3,(H,17,20);1H3;. The maximum absolute atomic E-state index is 13.1. The van der Waals surface area contributed by atoms with Crippen LogP contribution in [-0.2, 0) is 9.63 Å². The fraction of sp³-hybridized carbons (Fsp3) is 0.0714. The van der Waals surface area contributed by atoms with Crippen molar-refractivity contribution < 1.29 is 23.9 Å². The van der Waals surface area contributed by atoms with E-state index in [1.807, 2.05) is 0 Å². The molecule has 1 amide bonds. The Morgan fingerprint density at radius 1 is 1.26 bits per heavy atom. The molecule has 2 rings (SSSR count). The van der Waals surface area contributed by atoms with Gasteiger partial charge in [-0.25, -0.2) is 4.39 Å². The summed E-state index contributed by atoms with van der Waals surface area (Å²) in [6, 6.07) is 6.78. The molecule has 1 heterocycles. The Labute approximate surface area is 153 Å². The Balaban J connectivity index is 0.00000242. The number of pyridine rings is 1. The van der Waals surface area contributed by atoms with Crippen LogP contribution < -0.4 is 16.7 Å². The summed E-state index contributed by atoms with van der Waals surface area (Å²) >= 11 is 0. The Morgan fingerprint density at radius 3 is 2.52 bits per heavy atom. The molecule has 7 nitrogen and oxygen atoms in total. The molecule has 2 aromatic rings. The zero-order chi connectivity index (χ0) is 15.4. The van der Waals surface area contributed by atoms with Gasteiger partial charge in [-0.3, -0.25) is 14.6 Å². The number of halogens is 1. The largest absolute Gasteiger partial charge is 0.871 e. The van der Waals surface area contributed by atoms with Crippen molar-refractivity contribution in [2.75, 3.05) is 0 Å². The molecular formula is C14H14FN3NaO4. The van der Waals surface area contributed by atoms with Gasteiger partial charge in [0.05, 0.1) is 0 Å². The number of hydroxylamine groups is 1. The first-order valence-corrected chi connectivity index (χ1v) is 5.88. The van der Waals surface area contributed by atoms with E-state index in [9.17, 15) is 19.1 Å². The predicted molar refractivity (Wildman–Crippen MR) is 80.0 cm³/mol. The summed E-state index contributed by atoms with van der Waals surface area (Å²) in [5.74, 6) is -2.77. The number of amides is 1. The Bertz CT molecular complexity index is 712. The molecule has 0 aliphatic heterocycles. The van der Waals surface area contributed by atoms with E-state index in [1.165, 1.54) is 24.4 Å². The molecule has 0 unspecified atom stereocenters. The smallest absolute Gasteiger partial charge is 0.329 e. The van der Waals surface area contributed by atoms with E-state index >= 15 is 0 Å². The van der Waals surface area contributed by atoms with Crippen LogP contribution in [0.15, 0.2) is 36.5 Å². The van der Waals surface area contributed by atoms with Gasteiger partial charge in [-0.15, -0.1) is 0 Å². The summed E-state index contributed by atoms with van der Waals surface area (Å²) in [7, 11) is 0. The van der Waals surface area contributed by atoms with E-state index in [2.05, 4.69) is 9.82 Å². The number of nitrogens with zero attached hydrogens (tertiary/aromatic N) is 1. The van der Waals surface area contributed by atoms with Crippen LogP contribution in [0.2, 0.25) is 0 Å². The molecule has 0 aliphatic rings. The van der Waals surface area contributed by atoms with E-state index in [1.54, 1.807) is 11.5 Å². The number of aromatic nitrogens is 1. The molecule has 5 N–H and O–H groups in total. The van der Waals surface area contributed by atoms with Crippen LogP contribution in [0.1, 0.15) is 17.4 Å². The average Bonchev–Trinajstić information content (AvgIpc) is 2.44. The fourth-order valence-electron chi connectivity index (χ4n) is 1.61. The molecule has 0 aliphatic carbocycles. The number of hydrogen-bond donors (Lipinski definition) is 2. The SMILES string of the molecule is CC(=O)ONC(=O)c1ncc(-c2cccc(F)c2)cc1[O-].[NH4+].[Na]. The predicted octanol–water partition coefficient (Wildman–Crippen LogP) is 1.16. The van der Waals surface area contributed by atoms with Crippen molar-refractivity contribution in [1.29, 1.82) is 0 Å². The number of carbonyl (C=O) groups is 2. The number of benzene rings is 1. The normalized spacial score (nSPS) is 9.13. The third-order valence-electron chi connectivity index (χ3n) is 2.51. The Kier molecular flexibility index (Phi) is 8.41. The zero-order valence-electron chi connectivity index (χ0n) is 12.9. The first-order chi connectivity index (χ1) is 9.97. The molecule has 23 heavy (non-hydrogen) atoms. The van der Waals surface area contributed by atoms with Crippen molar-refractivity contribution >= 4 is 41.4 Å². The molecule has 1 radical (unpaired) electrons. The summed E-state index contributed by atoms with van der Waals surface area (Å²) < 4.78 is 13.1. The molecule has 0 saturated heterocycles. The van der Waals surface area contributed by atoms with E-state index in [4.69, 9.17) is 0 Å². The summed E-state index contributed by atoms with van der Waals surface area (Å²) in [4.78, 5) is 30.1. The Morgan fingerprint density at radius 2 is 1.96 bits per heavy atom. The van der Waals surface area contributed by atoms with Gasteiger partial charge >= 0.3 is 11.9 Å². The third-order valence-corrected chi connectivity index (χ3v) is 2.51. The van der Waals surface area contributed by atoms with Gasteiger partial charge in [0.25, 0.3) is 0 Å². The number of carbonyl (C=O) groups excluding carboxylic acids is 2. The quantitative estimate of drug-likeness (QED) is 0.631. The van der Waals surface area contributed by atoms with E-state index in [0.29, 0.717) is 11.1 Å². The van der Waals surface area contributed by atoms with Crippen molar-refractivity contribution in [3.05, 3.63) is 48.0 Å². The van der Waals surface area contributed by atoms with E-state index in [0.717, 1.165) is 13.0 Å². The van der Waals surface area contributed by atoms with Gasteiger partial charge in [-0.05, 0) is 23.3 Å². The summed E-state index contributed by atoms with van der Waals surface area (Å²) in [5, 5.41) is 11.8. The van der Waals surface area contributed by atoms with Crippen molar-refractivity contribution in [1.82, 2.24) is 16.6 Å². The summed E-state index contributed by atoms with van der Waals surface area (Å²) in [6.07, 6.45) is 1.26. The molecule has 117 valence electrons. The zero-order valence-corrected chi connectivity index (χ0v) is 14.9. The van der Waals surface area contributed by atoms with Crippen LogP contribution in [0.4, 0.5) is 4.39 Å². The summed E-state index contributed by atoms with van der Waals surface area (Å²) in [6.45, 7) is 1.10. The maximum atomic E-state index is 13.1. The van der Waals surface area contributed by atoms with Crippen LogP contribution in [0.5, 0.6) is 5.75 Å². The molecular weight excluding hydrogens is 316 g/mol. The second-order valence-corrected chi connectivity index (χ2v) is 4.11. The fourth-order valence-corrected chi connectivity index (χ4v) is 1.61. The second kappa shape index (κ2) is 9.21. The molecule has 0 saturated carbocycles. The number of rotatable bonds is 2. The second-order valence-electron chi connectivity index (χ2n) is 4.11. The monoisotopic (exact) mass is 330 g/mol. The van der Waals surface area contributed by atoms with Crippen molar-refractivity contribution in [2.24, 2.45) is 0 Å². The van der Waals surface area contributed by atoms with Crippen molar-refractivity contribution in [3.63, 3.8) is 0 Å². The maximum Gasteiger partial charge on any atom is 0.329 e. The molecule has 1 aromatic heterocycles. The van der Waals surface area contributed by atoms with Gasteiger partial charge in [0.15, 0.2) is 0 Å².